The van der Waals surface area contributed by atoms with E-state index in [0.29, 0.717) is 12.4 Å². The van der Waals surface area contributed by atoms with Gasteiger partial charge < -0.3 is 10.6 Å². The number of anilines is 1. The number of rotatable bonds is 4. The molecule has 1 aromatic rings. The molecule has 4 nitrogen and oxygen atoms in total. The van der Waals surface area contributed by atoms with E-state index < -0.39 is 17.6 Å². The van der Waals surface area contributed by atoms with Gasteiger partial charge in [0.05, 0.1) is 10.6 Å². The van der Waals surface area contributed by atoms with Crippen LogP contribution < -0.4 is 10.6 Å². The molecule has 0 saturated heterocycles. The van der Waals surface area contributed by atoms with Crippen molar-refractivity contribution in [2.75, 3.05) is 11.9 Å². The van der Waals surface area contributed by atoms with Crippen LogP contribution >= 0.6 is 11.6 Å². The molecule has 0 aliphatic heterocycles. The minimum absolute atomic E-state index is 0.00665. The Labute approximate surface area is 118 Å². The molecule has 1 heterocycles. The second-order valence-electron chi connectivity index (χ2n) is 4.62. The number of alkyl halides is 3. The minimum atomic E-state index is -4.44. The molecule has 20 heavy (non-hydrogen) atoms. The molecule has 1 aromatic heterocycles. The quantitative estimate of drug-likeness (QED) is 0.899. The first-order valence-electron chi connectivity index (χ1n) is 6.08. The zero-order valence-corrected chi connectivity index (χ0v) is 11.4. The van der Waals surface area contributed by atoms with Gasteiger partial charge in [0.1, 0.15) is 11.4 Å². The molecular formula is C12H13ClF3N3O. The van der Waals surface area contributed by atoms with E-state index in [0.717, 1.165) is 0 Å². The van der Waals surface area contributed by atoms with Crippen LogP contribution in [0.3, 0.4) is 0 Å². The van der Waals surface area contributed by atoms with Crippen molar-refractivity contribution in [2.24, 2.45) is 0 Å². The van der Waals surface area contributed by atoms with Crippen molar-refractivity contribution in [1.29, 1.82) is 0 Å². The summed E-state index contributed by atoms with van der Waals surface area (Å²) in [6.45, 7) is 2.44. The van der Waals surface area contributed by atoms with Crippen molar-refractivity contribution in [2.45, 2.75) is 31.5 Å². The number of pyridine rings is 1. The Balaban J connectivity index is 2.13. The number of halogens is 4. The van der Waals surface area contributed by atoms with E-state index in [-0.39, 0.29) is 23.4 Å². The maximum atomic E-state index is 12.7. The fourth-order valence-corrected chi connectivity index (χ4v) is 1.99. The fourth-order valence-electron chi connectivity index (χ4n) is 1.75. The van der Waals surface area contributed by atoms with E-state index in [1.165, 1.54) is 12.3 Å². The van der Waals surface area contributed by atoms with Gasteiger partial charge in [-0.15, -0.1) is 0 Å². The van der Waals surface area contributed by atoms with Crippen LogP contribution in [0.1, 0.15) is 30.1 Å². The van der Waals surface area contributed by atoms with Crippen LogP contribution in [0, 0.1) is 0 Å². The third-order valence-corrected chi connectivity index (χ3v) is 3.38. The monoisotopic (exact) mass is 307 g/mol. The number of carbonyl (C=O) groups excluding carboxylic acids is 1. The zero-order chi connectivity index (χ0) is 15.0. The Bertz CT molecular complexity index is 529. The van der Waals surface area contributed by atoms with Gasteiger partial charge in [-0.1, -0.05) is 11.6 Å². The van der Waals surface area contributed by atoms with Gasteiger partial charge in [0.2, 0.25) is 0 Å². The number of hydrogen-bond acceptors (Lipinski definition) is 3. The van der Waals surface area contributed by atoms with Crippen LogP contribution in [0.4, 0.5) is 19.0 Å². The van der Waals surface area contributed by atoms with Gasteiger partial charge in [0.15, 0.2) is 0 Å². The molecule has 1 fully saturated rings. The summed E-state index contributed by atoms with van der Waals surface area (Å²) >= 11 is 5.90. The van der Waals surface area contributed by atoms with E-state index in [1.54, 1.807) is 0 Å². The summed E-state index contributed by atoms with van der Waals surface area (Å²) in [4.78, 5) is 15.8. The highest BCUT2D eigenvalue weighted by Crippen LogP contribution is 2.49. The molecule has 0 aromatic carbocycles. The molecule has 2 N–H and O–H groups in total. The van der Waals surface area contributed by atoms with Gasteiger partial charge in [0, 0.05) is 12.7 Å². The molecule has 8 heteroatoms. The average Bonchev–Trinajstić information content (AvgIpc) is 3.12. The molecular weight excluding hydrogens is 295 g/mol. The van der Waals surface area contributed by atoms with Crippen molar-refractivity contribution in [1.82, 2.24) is 10.3 Å². The van der Waals surface area contributed by atoms with E-state index in [2.05, 4.69) is 10.3 Å². The van der Waals surface area contributed by atoms with Crippen molar-refractivity contribution >= 4 is 23.3 Å². The molecule has 1 amide bonds. The summed E-state index contributed by atoms with van der Waals surface area (Å²) in [6.07, 6.45) is -3.44. The van der Waals surface area contributed by atoms with Gasteiger partial charge in [-0.05, 0) is 25.8 Å². The van der Waals surface area contributed by atoms with Crippen LogP contribution in [-0.2, 0) is 0 Å². The predicted molar refractivity (Wildman–Crippen MR) is 68.9 cm³/mol. The molecule has 1 aliphatic carbocycles. The Morgan fingerprint density at radius 1 is 1.50 bits per heavy atom. The predicted octanol–water partition coefficient (Wildman–Crippen LogP) is 2.99. The molecule has 1 aliphatic rings. The molecule has 2 rings (SSSR count). The molecule has 0 spiro atoms. The lowest BCUT2D eigenvalue weighted by atomic mass is 10.2. The lowest BCUT2D eigenvalue weighted by Gasteiger charge is -2.20. The highest BCUT2D eigenvalue weighted by molar-refractivity contribution is 6.33. The summed E-state index contributed by atoms with van der Waals surface area (Å²) in [5.41, 5.74) is -2.08. The molecule has 0 atom stereocenters. The Kier molecular flexibility index (Phi) is 3.82. The number of nitrogens with zero attached hydrogens (tertiary/aromatic N) is 1. The average molecular weight is 308 g/mol. The van der Waals surface area contributed by atoms with Gasteiger partial charge in [-0.3, -0.25) is 4.79 Å². The Morgan fingerprint density at radius 2 is 2.15 bits per heavy atom. The standard InChI is InChI=1S/C12H13ClF3N3O/c1-2-17-9-8(13)5-7(6-18-9)10(20)19-11(3-4-11)12(14,15)16/h5-6H,2-4H2,1H3,(H,17,18)(H,19,20). The van der Waals surface area contributed by atoms with Gasteiger partial charge in [-0.25, -0.2) is 4.98 Å². The number of carbonyl (C=O) groups is 1. The Morgan fingerprint density at radius 3 is 2.60 bits per heavy atom. The van der Waals surface area contributed by atoms with E-state index in [1.807, 2.05) is 12.2 Å². The molecule has 110 valence electrons. The fraction of sp³-hybridized carbons (Fsp3) is 0.500. The Hall–Kier alpha value is -1.50. The second-order valence-corrected chi connectivity index (χ2v) is 5.03. The number of amides is 1. The lowest BCUT2D eigenvalue weighted by molar-refractivity contribution is -0.163. The minimum Gasteiger partial charge on any atom is -0.369 e. The molecule has 0 radical (unpaired) electrons. The number of nitrogens with one attached hydrogen (secondary N) is 2. The van der Waals surface area contributed by atoms with Gasteiger partial charge in [0.25, 0.3) is 5.91 Å². The van der Waals surface area contributed by atoms with Crippen LogP contribution in [0.5, 0.6) is 0 Å². The number of aromatic nitrogens is 1. The number of hydrogen-bond donors (Lipinski definition) is 2. The zero-order valence-electron chi connectivity index (χ0n) is 10.6. The highest BCUT2D eigenvalue weighted by atomic mass is 35.5. The van der Waals surface area contributed by atoms with Crippen molar-refractivity contribution in [3.8, 4) is 0 Å². The SMILES string of the molecule is CCNc1ncc(C(=O)NC2(C(F)(F)F)CC2)cc1Cl. The first-order valence-corrected chi connectivity index (χ1v) is 6.45. The highest BCUT2D eigenvalue weighted by Gasteiger charge is 2.64. The summed E-state index contributed by atoms with van der Waals surface area (Å²) in [5, 5.41) is 5.08. The molecule has 0 bridgehead atoms. The van der Waals surface area contributed by atoms with Crippen LogP contribution in [-0.4, -0.2) is 29.2 Å². The summed E-state index contributed by atoms with van der Waals surface area (Å²) in [5.74, 6) is -0.431. The maximum absolute atomic E-state index is 12.7. The van der Waals surface area contributed by atoms with E-state index in [4.69, 9.17) is 11.6 Å². The maximum Gasteiger partial charge on any atom is 0.411 e. The second kappa shape index (κ2) is 5.12. The normalized spacial score (nSPS) is 16.6. The summed E-state index contributed by atoms with van der Waals surface area (Å²) < 4.78 is 38.2. The molecule has 0 unspecified atom stereocenters. The summed E-state index contributed by atoms with van der Waals surface area (Å²) in [6, 6.07) is 1.30. The topological polar surface area (TPSA) is 54.0 Å². The van der Waals surface area contributed by atoms with Crippen LogP contribution in [0.2, 0.25) is 5.02 Å². The van der Waals surface area contributed by atoms with Crippen molar-refractivity contribution in [3.63, 3.8) is 0 Å². The molecule has 1 saturated carbocycles. The van der Waals surface area contributed by atoms with Crippen LogP contribution in [0.15, 0.2) is 12.3 Å². The summed E-state index contributed by atoms with van der Waals surface area (Å²) in [7, 11) is 0. The van der Waals surface area contributed by atoms with E-state index >= 15 is 0 Å². The van der Waals surface area contributed by atoms with Crippen molar-refractivity contribution in [3.05, 3.63) is 22.8 Å². The van der Waals surface area contributed by atoms with Gasteiger partial charge >= 0.3 is 6.18 Å². The van der Waals surface area contributed by atoms with Crippen LogP contribution in [0.25, 0.3) is 0 Å². The largest absolute Gasteiger partial charge is 0.411 e. The third-order valence-electron chi connectivity index (χ3n) is 3.09. The van der Waals surface area contributed by atoms with Gasteiger partial charge in [-0.2, -0.15) is 13.2 Å². The van der Waals surface area contributed by atoms with E-state index in [9.17, 15) is 18.0 Å². The smallest absolute Gasteiger partial charge is 0.369 e. The lowest BCUT2D eigenvalue weighted by Crippen LogP contribution is -2.47. The first-order chi connectivity index (χ1) is 9.29. The van der Waals surface area contributed by atoms with Crippen molar-refractivity contribution < 1.29 is 18.0 Å². The third kappa shape index (κ3) is 2.82. The first kappa shape index (κ1) is 14.9.